The maximum absolute atomic E-state index is 12.3. The highest BCUT2D eigenvalue weighted by Gasteiger charge is 2.34. The minimum atomic E-state index is -0.672. The van der Waals surface area contributed by atoms with Gasteiger partial charge in [0.05, 0.1) is 17.8 Å². The van der Waals surface area contributed by atoms with Crippen molar-refractivity contribution in [3.8, 4) is 0 Å². The van der Waals surface area contributed by atoms with Crippen molar-refractivity contribution < 1.29 is 14.6 Å². The fraction of sp³-hybridized carbons (Fsp3) is 0.786. The Hall–Kier alpha value is -1.03. The molecule has 4 heteroatoms. The number of allylic oxidation sites excluding steroid dienone is 1. The van der Waals surface area contributed by atoms with Gasteiger partial charge in [-0.25, -0.2) is 0 Å². The predicted molar refractivity (Wildman–Crippen MR) is 68.9 cm³/mol. The van der Waals surface area contributed by atoms with Crippen molar-refractivity contribution in [2.45, 2.75) is 51.0 Å². The van der Waals surface area contributed by atoms with E-state index in [0.29, 0.717) is 13.2 Å². The molecular formula is C14H23NO3. The van der Waals surface area contributed by atoms with Crippen molar-refractivity contribution in [2.75, 3.05) is 20.2 Å². The van der Waals surface area contributed by atoms with Gasteiger partial charge in [0.25, 0.3) is 5.91 Å². The standard InChI is InChI=1S/C14H23NO3/c1-11-12(6-5-9-18-11)13(16)15(2)10-14(17)7-3-4-8-14/h17H,3-10H2,1-2H3. The van der Waals surface area contributed by atoms with Crippen molar-refractivity contribution in [3.05, 3.63) is 11.3 Å². The van der Waals surface area contributed by atoms with E-state index in [1.54, 1.807) is 11.9 Å². The van der Waals surface area contributed by atoms with Gasteiger partial charge in [-0.2, -0.15) is 0 Å². The smallest absolute Gasteiger partial charge is 0.252 e. The lowest BCUT2D eigenvalue weighted by molar-refractivity contribution is -0.129. The molecule has 1 aliphatic heterocycles. The Morgan fingerprint density at radius 2 is 2.06 bits per heavy atom. The van der Waals surface area contributed by atoms with Crippen LogP contribution in [0.3, 0.4) is 0 Å². The molecule has 0 bridgehead atoms. The molecule has 0 atom stereocenters. The molecule has 1 saturated carbocycles. The van der Waals surface area contributed by atoms with Crippen LogP contribution < -0.4 is 0 Å². The molecule has 2 rings (SSSR count). The monoisotopic (exact) mass is 253 g/mol. The molecule has 1 aliphatic carbocycles. The zero-order valence-electron chi connectivity index (χ0n) is 11.4. The van der Waals surface area contributed by atoms with Gasteiger partial charge in [-0.15, -0.1) is 0 Å². The zero-order chi connectivity index (χ0) is 13.2. The van der Waals surface area contributed by atoms with Crippen LogP contribution in [-0.4, -0.2) is 41.7 Å². The summed E-state index contributed by atoms with van der Waals surface area (Å²) in [6.07, 6.45) is 5.41. The molecule has 1 N–H and O–H groups in total. The highest BCUT2D eigenvalue weighted by molar-refractivity contribution is 5.93. The minimum absolute atomic E-state index is 0.00697. The third-order valence-electron chi connectivity index (χ3n) is 3.99. The Morgan fingerprint density at radius 3 is 2.67 bits per heavy atom. The topological polar surface area (TPSA) is 49.8 Å². The lowest BCUT2D eigenvalue weighted by atomic mass is 10.0. The summed E-state index contributed by atoms with van der Waals surface area (Å²) in [6.45, 7) is 2.99. The molecule has 0 radical (unpaired) electrons. The Labute approximate surface area is 109 Å². The van der Waals surface area contributed by atoms with E-state index < -0.39 is 5.60 Å². The van der Waals surface area contributed by atoms with Gasteiger partial charge in [0.2, 0.25) is 0 Å². The SMILES string of the molecule is CC1=C(C(=O)N(C)CC2(O)CCCC2)CCCO1. The first-order valence-electron chi connectivity index (χ1n) is 6.82. The van der Waals surface area contributed by atoms with Crippen LogP contribution in [0, 0.1) is 0 Å². The molecule has 102 valence electrons. The number of nitrogens with zero attached hydrogens (tertiary/aromatic N) is 1. The van der Waals surface area contributed by atoms with Crippen LogP contribution >= 0.6 is 0 Å². The molecule has 18 heavy (non-hydrogen) atoms. The predicted octanol–water partition coefficient (Wildman–Crippen LogP) is 1.83. The van der Waals surface area contributed by atoms with E-state index >= 15 is 0 Å². The van der Waals surface area contributed by atoms with Crippen molar-refractivity contribution in [1.29, 1.82) is 0 Å². The molecule has 0 aromatic rings. The zero-order valence-corrected chi connectivity index (χ0v) is 11.4. The number of rotatable bonds is 3. The normalized spacial score (nSPS) is 22.8. The van der Waals surface area contributed by atoms with Gasteiger partial charge in [0, 0.05) is 13.6 Å². The van der Waals surface area contributed by atoms with E-state index in [4.69, 9.17) is 4.74 Å². The molecule has 1 heterocycles. The van der Waals surface area contributed by atoms with E-state index in [-0.39, 0.29) is 5.91 Å². The molecule has 0 aromatic heterocycles. The van der Waals surface area contributed by atoms with Gasteiger partial charge in [0.1, 0.15) is 5.76 Å². The third-order valence-corrected chi connectivity index (χ3v) is 3.99. The number of hydrogen-bond donors (Lipinski definition) is 1. The number of likely N-dealkylation sites (N-methyl/N-ethyl adjacent to an activating group) is 1. The maximum Gasteiger partial charge on any atom is 0.252 e. The van der Waals surface area contributed by atoms with Crippen molar-refractivity contribution in [1.82, 2.24) is 4.90 Å². The largest absolute Gasteiger partial charge is 0.498 e. The number of carbonyl (C=O) groups excluding carboxylic acids is 1. The van der Waals surface area contributed by atoms with Crippen LogP contribution in [0.2, 0.25) is 0 Å². The molecule has 0 aromatic carbocycles. The summed E-state index contributed by atoms with van der Waals surface area (Å²) in [6, 6.07) is 0. The van der Waals surface area contributed by atoms with Crippen LogP contribution in [0.25, 0.3) is 0 Å². The summed E-state index contributed by atoms with van der Waals surface area (Å²) in [5.74, 6) is 0.754. The van der Waals surface area contributed by atoms with Gasteiger partial charge in [0.15, 0.2) is 0 Å². The third kappa shape index (κ3) is 2.86. The first kappa shape index (κ1) is 13.4. The van der Waals surface area contributed by atoms with Crippen molar-refractivity contribution in [2.24, 2.45) is 0 Å². The molecule has 0 unspecified atom stereocenters. The van der Waals surface area contributed by atoms with Gasteiger partial charge in [-0.3, -0.25) is 4.79 Å². The Balaban J connectivity index is 2.00. The van der Waals surface area contributed by atoms with Crippen LogP contribution in [0.5, 0.6) is 0 Å². The molecule has 4 nitrogen and oxygen atoms in total. The van der Waals surface area contributed by atoms with Crippen molar-refractivity contribution in [3.63, 3.8) is 0 Å². The van der Waals surface area contributed by atoms with Crippen LogP contribution in [0.1, 0.15) is 45.4 Å². The summed E-state index contributed by atoms with van der Waals surface area (Å²) < 4.78 is 5.43. The lowest BCUT2D eigenvalue weighted by Gasteiger charge is -2.30. The second-order valence-electron chi connectivity index (χ2n) is 5.58. The fourth-order valence-electron chi connectivity index (χ4n) is 2.93. The Bertz CT molecular complexity index is 356. The summed E-state index contributed by atoms with van der Waals surface area (Å²) in [5, 5.41) is 10.3. The van der Waals surface area contributed by atoms with E-state index in [1.165, 1.54) is 0 Å². The number of aliphatic hydroxyl groups is 1. The average molecular weight is 253 g/mol. The first-order chi connectivity index (χ1) is 8.52. The summed E-state index contributed by atoms with van der Waals surface area (Å²) in [4.78, 5) is 14.0. The number of ether oxygens (including phenoxy) is 1. The lowest BCUT2D eigenvalue weighted by Crippen LogP contribution is -2.43. The number of carbonyl (C=O) groups is 1. The Morgan fingerprint density at radius 1 is 1.39 bits per heavy atom. The quantitative estimate of drug-likeness (QED) is 0.835. The first-order valence-corrected chi connectivity index (χ1v) is 6.82. The van der Waals surface area contributed by atoms with Crippen LogP contribution in [-0.2, 0) is 9.53 Å². The molecular weight excluding hydrogens is 230 g/mol. The number of amides is 1. The van der Waals surface area contributed by atoms with Gasteiger partial charge in [-0.05, 0) is 32.6 Å². The highest BCUT2D eigenvalue weighted by atomic mass is 16.5. The maximum atomic E-state index is 12.3. The van der Waals surface area contributed by atoms with E-state index in [0.717, 1.165) is 49.9 Å². The van der Waals surface area contributed by atoms with Gasteiger partial charge >= 0.3 is 0 Å². The molecule has 2 aliphatic rings. The van der Waals surface area contributed by atoms with Crippen LogP contribution in [0.15, 0.2) is 11.3 Å². The molecule has 0 saturated heterocycles. The van der Waals surface area contributed by atoms with Gasteiger partial charge < -0.3 is 14.7 Å². The summed E-state index contributed by atoms with van der Waals surface area (Å²) in [5.41, 5.74) is 0.0966. The highest BCUT2D eigenvalue weighted by Crippen LogP contribution is 2.30. The second kappa shape index (κ2) is 5.31. The minimum Gasteiger partial charge on any atom is -0.498 e. The van der Waals surface area contributed by atoms with Crippen LogP contribution in [0.4, 0.5) is 0 Å². The van der Waals surface area contributed by atoms with Crippen molar-refractivity contribution >= 4 is 5.91 Å². The van der Waals surface area contributed by atoms with E-state index in [9.17, 15) is 9.90 Å². The van der Waals surface area contributed by atoms with E-state index in [2.05, 4.69) is 0 Å². The van der Waals surface area contributed by atoms with E-state index in [1.807, 2.05) is 6.92 Å². The second-order valence-corrected chi connectivity index (χ2v) is 5.58. The average Bonchev–Trinajstić information content (AvgIpc) is 2.75. The molecule has 1 amide bonds. The number of hydrogen-bond acceptors (Lipinski definition) is 3. The summed E-state index contributed by atoms with van der Waals surface area (Å²) >= 11 is 0. The molecule has 0 spiro atoms. The fourth-order valence-corrected chi connectivity index (χ4v) is 2.93. The Kier molecular flexibility index (Phi) is 3.95. The molecule has 1 fully saturated rings. The van der Waals surface area contributed by atoms with Gasteiger partial charge in [-0.1, -0.05) is 12.8 Å². The summed E-state index contributed by atoms with van der Waals surface area (Å²) in [7, 11) is 1.77.